The maximum Gasteiger partial charge on any atom is 0.220 e. The Bertz CT molecular complexity index is 7870. The molecule has 0 spiro atoms. The van der Waals surface area contributed by atoms with Crippen molar-refractivity contribution < 1.29 is 0 Å². The number of halogens is 1. The van der Waals surface area contributed by atoms with Crippen LogP contribution in [-0.2, 0) is 0 Å². The Labute approximate surface area is 786 Å². The van der Waals surface area contributed by atoms with Crippen LogP contribution in [-0.4, -0.2) is 84.0 Å². The molecule has 6 aromatic heterocycles. The lowest BCUT2D eigenvalue weighted by Crippen LogP contribution is -2.76. The van der Waals surface area contributed by atoms with Gasteiger partial charge < -0.3 is 0 Å². The fourth-order valence-electron chi connectivity index (χ4n) is 20.5. The minimum atomic E-state index is -3.08. The molecule has 0 aliphatic heterocycles. The van der Waals surface area contributed by atoms with Crippen molar-refractivity contribution in [2.45, 2.75) is 0 Å². The first-order chi connectivity index (χ1) is 64.9. The van der Waals surface area contributed by atoms with Crippen LogP contribution in [0.4, 0.5) is 0 Å². The van der Waals surface area contributed by atoms with E-state index in [1.54, 1.807) is 0 Å². The number of hydrogen-bond donors (Lipinski definition) is 0. The summed E-state index contributed by atoms with van der Waals surface area (Å²) in [6, 6.07) is 187. The molecule has 0 atom stereocenters. The van der Waals surface area contributed by atoms with E-state index >= 15 is 0 Å². The fourth-order valence-corrected chi connectivity index (χ4v) is 36.5. The molecular formula is C117H90BIN9Si4-. The summed E-state index contributed by atoms with van der Waals surface area (Å²) in [5.74, 6) is 2.75. The Morgan fingerprint density at radius 3 is 0.674 bits per heavy atom. The molecular weight excluding hydrogens is 1780 g/mol. The molecule has 6 heterocycles. The average molecular weight is 1870 g/mol. The van der Waals surface area contributed by atoms with Crippen molar-refractivity contribution in [2.75, 3.05) is 0 Å². The fraction of sp³-hybridized carbons (Fsp3) is 0. The summed E-state index contributed by atoms with van der Waals surface area (Å²) in [6.45, 7) is 0. The zero-order chi connectivity index (χ0) is 87.2. The number of nitrogens with zero attached hydrogens (tertiary/aromatic N) is 9. The molecule has 25 aromatic rings. The second-order valence-electron chi connectivity index (χ2n) is 33.5. The van der Waals surface area contributed by atoms with Crippen molar-refractivity contribution >= 4 is 221 Å². The average Bonchev–Trinajstić information content (AvgIpc) is 1.42. The lowest BCUT2D eigenvalue weighted by molar-refractivity contribution is 1.11. The van der Waals surface area contributed by atoms with Gasteiger partial charge in [-0.05, 0) is 179 Å². The van der Waals surface area contributed by atoms with Crippen LogP contribution >= 0.6 is 22.6 Å². The van der Waals surface area contributed by atoms with Gasteiger partial charge in [0.2, 0.25) is 17.3 Å². The van der Waals surface area contributed by atoms with Crippen LogP contribution in [0.15, 0.2) is 510 Å². The highest BCUT2D eigenvalue weighted by molar-refractivity contribution is 14.1. The molecule has 19 aromatic carbocycles. The largest absolute Gasteiger partial charge is 0.278 e. The minimum Gasteiger partial charge on any atom is -0.278 e. The number of imidazole rings is 6. The number of para-hydroxylation sites is 12. The zero-order valence-electron chi connectivity index (χ0n) is 71.6. The van der Waals surface area contributed by atoms with E-state index in [1.807, 2.05) is 6.07 Å². The van der Waals surface area contributed by atoms with Crippen molar-refractivity contribution in [2.24, 2.45) is 0 Å². The number of hydrogen-bond acceptors (Lipinski definition) is 3. The van der Waals surface area contributed by atoms with E-state index in [0.29, 0.717) is 0 Å². The van der Waals surface area contributed by atoms with Crippen molar-refractivity contribution in [3.8, 4) is 17.1 Å². The number of aromatic nitrogens is 9. The van der Waals surface area contributed by atoms with Crippen molar-refractivity contribution in [1.29, 1.82) is 0 Å². The summed E-state index contributed by atoms with van der Waals surface area (Å²) in [7, 11) is -9.15. The normalized spacial score (nSPS) is 11.8. The predicted molar refractivity (Wildman–Crippen MR) is 578 cm³/mol. The van der Waals surface area contributed by atoms with Crippen LogP contribution in [0.3, 0.4) is 0 Å². The van der Waals surface area contributed by atoms with Crippen LogP contribution in [0.25, 0.3) is 101 Å². The monoisotopic (exact) mass is 1870 g/mol. The van der Waals surface area contributed by atoms with Gasteiger partial charge >= 0.3 is 0 Å². The van der Waals surface area contributed by atoms with E-state index < -0.39 is 33.7 Å². The van der Waals surface area contributed by atoms with Crippen molar-refractivity contribution in [3.05, 3.63) is 513 Å². The highest BCUT2D eigenvalue weighted by Gasteiger charge is 2.45. The molecule has 132 heavy (non-hydrogen) atoms. The summed E-state index contributed by atoms with van der Waals surface area (Å²) in [5.41, 5.74) is 16.4. The summed E-state index contributed by atoms with van der Waals surface area (Å²) in [4.78, 5) is 15.5. The van der Waals surface area contributed by atoms with Gasteiger partial charge in [-0.1, -0.05) is 434 Å². The summed E-state index contributed by atoms with van der Waals surface area (Å²) in [6.07, 6.45) is 0. The van der Waals surface area contributed by atoms with Crippen LogP contribution in [0.1, 0.15) is 0 Å². The Hall–Kier alpha value is -15.3. The smallest absolute Gasteiger partial charge is 0.220 e. The molecule has 0 fully saturated rings. The summed E-state index contributed by atoms with van der Waals surface area (Å²) < 4.78 is 15.0. The molecule has 0 N–H and O–H groups in total. The van der Waals surface area contributed by atoms with Crippen LogP contribution < -0.4 is 72.6 Å². The van der Waals surface area contributed by atoms with Crippen molar-refractivity contribution in [3.63, 3.8) is 0 Å². The molecule has 630 valence electrons. The van der Waals surface area contributed by atoms with Crippen LogP contribution in [0.2, 0.25) is 0 Å². The topological polar surface area (TPSA) is 66.7 Å². The number of fused-ring (bicyclic) bond motifs is 15. The molecule has 0 radical (unpaired) electrons. The lowest BCUT2D eigenvalue weighted by atomic mass is 10.2. The van der Waals surface area contributed by atoms with Crippen molar-refractivity contribution in [1.82, 2.24) is 41.9 Å². The van der Waals surface area contributed by atoms with Gasteiger partial charge in [-0.2, -0.15) is 0 Å². The maximum atomic E-state index is 5.29. The second-order valence-corrected chi connectivity index (χ2v) is 48.1. The standard InChI is InChI=1S/C68H48N6Si2.C30H26Si2.C19H12IN3.BH4/c1-5-25-51(26-6-1)75(52-27-7-2-8-28-52,57-33-21-23-49(47-57)71-63-39-17-19-41-65(63)73-61-37-15-13-35-59(61)69-67(71)73)55-43-45-56(46-44-55)76(53-29-9-3-10-30-53,54-31-11-4-12-32-54)58-34-22-24-50(48-58)72-64-40-18-20-42-66(64)74-62-38-16-14-36-60(62)70-68(72)74;1-5-13-25(14-6-1)31(26-15-7-2-8-16-26)29-21-23-30(24-22-29)32(27-17-9-3-10-18-27)28-19-11-4-12-20-28;20-13-6-5-7-14(12-13)22-17-10-3-4-11-18(17)23-16-9-2-1-8-15(16)21-19(22)23;/h1-48H;1-24,31-32H;1-12H;1H4/q;;;-1. The van der Waals surface area contributed by atoms with E-state index in [1.165, 1.54) is 87.2 Å². The number of rotatable bonds is 17. The van der Waals surface area contributed by atoms with Gasteiger partial charge in [0, 0.05) is 14.9 Å². The Kier molecular flexibility index (Phi) is 22.2. The Morgan fingerprint density at radius 2 is 0.394 bits per heavy atom. The van der Waals surface area contributed by atoms with E-state index in [2.05, 4.69) is 553 Å². The Morgan fingerprint density at radius 1 is 0.182 bits per heavy atom. The molecule has 0 saturated heterocycles. The quantitative estimate of drug-likeness (QED) is 0.0518. The van der Waals surface area contributed by atoms with Gasteiger partial charge in [0.25, 0.3) is 0 Å². The van der Waals surface area contributed by atoms with Gasteiger partial charge in [0.05, 0.1) is 71.9 Å². The SMILES string of the molecule is Ic1cccc(-n2c3ccccc3n3c4ccccc4nc23)c1.[BH4-].c1ccc([SiH](c2ccccc2)c2ccc([SiH](c3ccccc3)c3ccccc3)cc2)cc1.c1ccc([Si](c2ccccc2)(c2ccc([Si](c3ccccc3)(c3ccccc3)c3cccc(-n4c5ccccc5n5c6ccccc6nc45)c3)cc2)c2cccc(-n3c4ccccc4n4c5ccccc5nc34)c2)cc1. The first-order valence-electron chi connectivity index (χ1n) is 44.6. The van der Waals surface area contributed by atoms with Crippen LogP contribution in [0.5, 0.6) is 0 Å². The third kappa shape index (κ3) is 14.4. The Balaban J connectivity index is 0.000000147. The lowest BCUT2D eigenvalue weighted by Gasteiger charge is -2.37. The highest BCUT2D eigenvalue weighted by Crippen LogP contribution is 2.34. The van der Waals surface area contributed by atoms with Gasteiger partial charge in [-0.3, -0.25) is 26.9 Å². The van der Waals surface area contributed by atoms with E-state index in [4.69, 9.17) is 15.0 Å². The minimum absolute atomic E-state index is 0. The first-order valence-corrected chi connectivity index (χ1v) is 53.2. The zero-order valence-corrected chi connectivity index (χ0v) is 78.0. The number of benzene rings is 19. The van der Waals surface area contributed by atoms with Gasteiger partial charge in [0.15, 0.2) is 16.1 Å². The molecule has 9 nitrogen and oxygen atoms in total. The summed E-state index contributed by atoms with van der Waals surface area (Å²) in [5, 5.41) is 19.3. The molecule has 0 unspecified atom stereocenters. The summed E-state index contributed by atoms with van der Waals surface area (Å²) >= 11 is 2.35. The van der Waals surface area contributed by atoms with E-state index in [9.17, 15) is 0 Å². The predicted octanol–water partition coefficient (Wildman–Crippen LogP) is 15.7. The van der Waals surface area contributed by atoms with Gasteiger partial charge in [0.1, 0.15) is 17.6 Å². The molecule has 15 heteroatoms. The highest BCUT2D eigenvalue weighted by atomic mass is 127. The third-order valence-corrected chi connectivity index (χ3v) is 42.7. The second kappa shape index (κ2) is 35.6. The van der Waals surface area contributed by atoms with Crippen LogP contribution in [0, 0.1) is 3.57 Å². The first kappa shape index (κ1) is 82.3. The third-order valence-electron chi connectivity index (χ3n) is 26.2. The van der Waals surface area contributed by atoms with E-state index in [0.717, 1.165) is 89.6 Å². The maximum absolute atomic E-state index is 5.29. The van der Waals surface area contributed by atoms with Gasteiger partial charge in [-0.25, -0.2) is 15.0 Å². The molecule has 25 rings (SSSR count). The molecule has 0 amide bonds. The molecule has 0 aliphatic carbocycles. The van der Waals surface area contributed by atoms with E-state index in [-0.39, 0.29) is 8.41 Å². The van der Waals surface area contributed by atoms with Gasteiger partial charge in [-0.15, -0.1) is 0 Å². The molecule has 0 aliphatic rings. The molecule has 0 bridgehead atoms. The molecule has 0 saturated carbocycles.